The van der Waals surface area contributed by atoms with Crippen LogP contribution in [0.1, 0.15) is 48.6 Å². The standard InChI is InChI=1S/C21H27N3O4/c1-5-24(6-2)21(27)15-9-7-10-16(13-15)22-20(26)18(14(3)4)23-19(25)17-11-8-12-28-17/h7-14,18H,5-6H2,1-4H3,(H,22,26)(H,23,25). The molecule has 1 unspecified atom stereocenters. The molecule has 7 nitrogen and oxygen atoms in total. The van der Waals surface area contributed by atoms with Gasteiger partial charge in [-0.3, -0.25) is 14.4 Å². The van der Waals surface area contributed by atoms with E-state index >= 15 is 0 Å². The lowest BCUT2D eigenvalue weighted by molar-refractivity contribution is -0.118. The fraction of sp³-hybridized carbons (Fsp3) is 0.381. The fourth-order valence-electron chi connectivity index (χ4n) is 2.80. The summed E-state index contributed by atoms with van der Waals surface area (Å²) in [6, 6.07) is 9.18. The second kappa shape index (κ2) is 9.73. The molecule has 0 aliphatic rings. The van der Waals surface area contributed by atoms with Crippen molar-refractivity contribution in [2.45, 2.75) is 33.7 Å². The summed E-state index contributed by atoms with van der Waals surface area (Å²) in [6.45, 7) is 8.74. The molecule has 0 spiro atoms. The zero-order chi connectivity index (χ0) is 20.7. The highest BCUT2D eigenvalue weighted by Gasteiger charge is 2.26. The summed E-state index contributed by atoms with van der Waals surface area (Å²) in [4.78, 5) is 39.2. The van der Waals surface area contributed by atoms with Gasteiger partial charge in [0.1, 0.15) is 6.04 Å². The molecule has 0 radical (unpaired) electrons. The Balaban J connectivity index is 2.12. The van der Waals surface area contributed by atoms with Gasteiger partial charge in [0.2, 0.25) is 5.91 Å². The van der Waals surface area contributed by atoms with Crippen molar-refractivity contribution in [1.82, 2.24) is 10.2 Å². The lowest BCUT2D eigenvalue weighted by Crippen LogP contribution is -2.47. The number of nitrogens with one attached hydrogen (secondary N) is 2. The van der Waals surface area contributed by atoms with Gasteiger partial charge in [0.05, 0.1) is 6.26 Å². The van der Waals surface area contributed by atoms with Crippen LogP contribution < -0.4 is 10.6 Å². The Morgan fingerprint density at radius 3 is 2.36 bits per heavy atom. The van der Waals surface area contributed by atoms with Crippen LogP contribution in [-0.2, 0) is 4.79 Å². The van der Waals surface area contributed by atoms with Crippen LogP contribution in [0.2, 0.25) is 0 Å². The molecule has 0 fully saturated rings. The first kappa shape index (κ1) is 21.2. The molecular weight excluding hydrogens is 358 g/mol. The molecule has 7 heteroatoms. The number of nitrogens with zero attached hydrogens (tertiary/aromatic N) is 1. The molecule has 0 saturated heterocycles. The summed E-state index contributed by atoms with van der Waals surface area (Å²) in [5.41, 5.74) is 1.00. The minimum atomic E-state index is -0.750. The van der Waals surface area contributed by atoms with Gasteiger partial charge < -0.3 is 20.0 Å². The van der Waals surface area contributed by atoms with E-state index < -0.39 is 11.9 Å². The van der Waals surface area contributed by atoms with Crippen molar-refractivity contribution >= 4 is 23.4 Å². The Bertz CT molecular complexity index is 811. The van der Waals surface area contributed by atoms with Gasteiger partial charge in [-0.1, -0.05) is 19.9 Å². The van der Waals surface area contributed by atoms with Crippen LogP contribution in [0.3, 0.4) is 0 Å². The van der Waals surface area contributed by atoms with E-state index in [9.17, 15) is 14.4 Å². The van der Waals surface area contributed by atoms with Crippen molar-refractivity contribution in [3.63, 3.8) is 0 Å². The van der Waals surface area contributed by atoms with E-state index in [2.05, 4.69) is 10.6 Å². The number of hydrogen-bond donors (Lipinski definition) is 2. The summed E-state index contributed by atoms with van der Waals surface area (Å²) in [5, 5.41) is 5.48. The molecule has 0 aliphatic heterocycles. The molecule has 0 bridgehead atoms. The fourth-order valence-corrected chi connectivity index (χ4v) is 2.80. The highest BCUT2D eigenvalue weighted by molar-refractivity contribution is 6.01. The number of carbonyl (C=O) groups excluding carboxylic acids is 3. The van der Waals surface area contributed by atoms with Gasteiger partial charge in [-0.25, -0.2) is 0 Å². The Morgan fingerprint density at radius 2 is 1.79 bits per heavy atom. The minimum Gasteiger partial charge on any atom is -0.459 e. The van der Waals surface area contributed by atoms with Crippen LogP contribution in [-0.4, -0.2) is 41.8 Å². The molecule has 28 heavy (non-hydrogen) atoms. The van der Waals surface area contributed by atoms with Gasteiger partial charge >= 0.3 is 0 Å². The molecule has 1 aromatic heterocycles. The van der Waals surface area contributed by atoms with Crippen molar-refractivity contribution in [3.8, 4) is 0 Å². The Kier molecular flexibility index (Phi) is 7.37. The van der Waals surface area contributed by atoms with Gasteiger partial charge in [-0.15, -0.1) is 0 Å². The summed E-state index contributed by atoms with van der Waals surface area (Å²) in [5.74, 6) is -0.899. The maximum atomic E-state index is 12.7. The molecule has 0 saturated carbocycles. The third kappa shape index (κ3) is 5.22. The van der Waals surface area contributed by atoms with Crippen molar-refractivity contribution in [1.29, 1.82) is 0 Å². The first-order valence-electron chi connectivity index (χ1n) is 9.41. The second-order valence-corrected chi connectivity index (χ2v) is 6.72. The lowest BCUT2D eigenvalue weighted by Gasteiger charge is -2.22. The third-order valence-electron chi connectivity index (χ3n) is 4.41. The summed E-state index contributed by atoms with van der Waals surface area (Å²) in [6.07, 6.45) is 1.40. The van der Waals surface area contributed by atoms with Crippen LogP contribution in [0.5, 0.6) is 0 Å². The lowest BCUT2D eigenvalue weighted by atomic mass is 10.0. The zero-order valence-corrected chi connectivity index (χ0v) is 16.7. The molecule has 2 rings (SSSR count). The van der Waals surface area contributed by atoms with E-state index in [1.807, 2.05) is 27.7 Å². The molecule has 150 valence electrons. The number of furan rings is 1. The van der Waals surface area contributed by atoms with Gasteiger partial charge in [0.25, 0.3) is 11.8 Å². The van der Waals surface area contributed by atoms with Gasteiger partial charge in [-0.05, 0) is 50.1 Å². The quantitative estimate of drug-likeness (QED) is 0.730. The second-order valence-electron chi connectivity index (χ2n) is 6.72. The maximum Gasteiger partial charge on any atom is 0.287 e. The first-order chi connectivity index (χ1) is 13.4. The average Bonchev–Trinajstić information content (AvgIpc) is 3.21. The van der Waals surface area contributed by atoms with E-state index in [1.54, 1.807) is 35.2 Å². The average molecular weight is 385 g/mol. The molecule has 3 amide bonds. The monoisotopic (exact) mass is 385 g/mol. The van der Waals surface area contributed by atoms with E-state index in [0.29, 0.717) is 24.3 Å². The molecule has 2 aromatic rings. The van der Waals surface area contributed by atoms with E-state index in [4.69, 9.17) is 4.42 Å². The van der Waals surface area contributed by atoms with Crippen LogP contribution in [0.15, 0.2) is 47.1 Å². The molecule has 0 aliphatic carbocycles. The number of anilines is 1. The molecular formula is C21H27N3O4. The summed E-state index contributed by atoms with van der Waals surface area (Å²) in [7, 11) is 0. The van der Waals surface area contributed by atoms with E-state index in [-0.39, 0.29) is 23.5 Å². The summed E-state index contributed by atoms with van der Waals surface area (Å²) >= 11 is 0. The largest absolute Gasteiger partial charge is 0.459 e. The van der Waals surface area contributed by atoms with Crippen molar-refractivity contribution in [2.75, 3.05) is 18.4 Å². The Morgan fingerprint density at radius 1 is 1.07 bits per heavy atom. The minimum absolute atomic E-state index is 0.0902. The number of benzene rings is 1. The smallest absolute Gasteiger partial charge is 0.287 e. The maximum absolute atomic E-state index is 12.7. The van der Waals surface area contributed by atoms with Crippen LogP contribution >= 0.6 is 0 Å². The van der Waals surface area contributed by atoms with Crippen molar-refractivity contribution in [2.24, 2.45) is 5.92 Å². The van der Waals surface area contributed by atoms with E-state index in [1.165, 1.54) is 12.3 Å². The highest BCUT2D eigenvalue weighted by Crippen LogP contribution is 2.15. The normalized spacial score (nSPS) is 11.8. The molecule has 2 N–H and O–H groups in total. The van der Waals surface area contributed by atoms with Gasteiger partial charge in [-0.2, -0.15) is 0 Å². The molecule has 1 heterocycles. The Hall–Kier alpha value is -3.09. The number of hydrogen-bond acceptors (Lipinski definition) is 4. The van der Waals surface area contributed by atoms with E-state index in [0.717, 1.165) is 0 Å². The third-order valence-corrected chi connectivity index (χ3v) is 4.41. The van der Waals surface area contributed by atoms with Crippen molar-refractivity contribution in [3.05, 3.63) is 54.0 Å². The predicted molar refractivity (Wildman–Crippen MR) is 107 cm³/mol. The van der Waals surface area contributed by atoms with Crippen LogP contribution in [0.4, 0.5) is 5.69 Å². The topological polar surface area (TPSA) is 91.7 Å². The van der Waals surface area contributed by atoms with Crippen LogP contribution in [0, 0.1) is 5.92 Å². The van der Waals surface area contributed by atoms with Crippen molar-refractivity contribution < 1.29 is 18.8 Å². The van der Waals surface area contributed by atoms with Gasteiger partial charge in [0.15, 0.2) is 5.76 Å². The zero-order valence-electron chi connectivity index (χ0n) is 16.7. The first-order valence-corrected chi connectivity index (χ1v) is 9.41. The SMILES string of the molecule is CCN(CC)C(=O)c1cccc(NC(=O)C(NC(=O)c2ccco2)C(C)C)c1. The highest BCUT2D eigenvalue weighted by atomic mass is 16.3. The number of amides is 3. The number of rotatable bonds is 8. The predicted octanol–water partition coefficient (Wildman–Crippen LogP) is 3.15. The molecule has 1 aromatic carbocycles. The molecule has 1 atom stereocenters. The Labute approximate surface area is 165 Å². The van der Waals surface area contributed by atoms with Gasteiger partial charge in [0, 0.05) is 24.3 Å². The van der Waals surface area contributed by atoms with Crippen LogP contribution in [0.25, 0.3) is 0 Å². The summed E-state index contributed by atoms with van der Waals surface area (Å²) < 4.78 is 5.07. The number of carbonyl (C=O) groups is 3.